The van der Waals surface area contributed by atoms with E-state index in [9.17, 15) is 24.3 Å². The normalized spacial score (nSPS) is 15.3. The van der Waals surface area contributed by atoms with E-state index in [1.807, 2.05) is 34.6 Å². The van der Waals surface area contributed by atoms with E-state index in [4.69, 9.17) is 29.4 Å². The number of benzene rings is 1. The molecule has 11 nitrogen and oxygen atoms in total. The minimum absolute atomic E-state index is 0.104. The smallest absolute Gasteiger partial charge is 0.480 e. The molecule has 2 unspecified atom stereocenters. The zero-order chi connectivity index (χ0) is 31.9. The van der Waals surface area contributed by atoms with Crippen molar-refractivity contribution in [2.24, 2.45) is 23.5 Å². The van der Waals surface area contributed by atoms with Crippen molar-refractivity contribution in [1.82, 2.24) is 0 Å². The lowest BCUT2D eigenvalue weighted by Crippen LogP contribution is -2.58. The van der Waals surface area contributed by atoms with Crippen LogP contribution in [0.4, 0.5) is 9.59 Å². The van der Waals surface area contributed by atoms with E-state index < -0.39 is 41.8 Å². The van der Waals surface area contributed by atoms with E-state index in [0.717, 1.165) is 25.7 Å². The maximum absolute atomic E-state index is 12.4. The Morgan fingerprint density at radius 2 is 1.40 bits per heavy atom. The number of hydrogen-bond donors (Lipinski definition) is 2. The number of carboxylic acid groups (broad SMARTS) is 1. The number of ether oxygens (including phenoxy) is 5. The van der Waals surface area contributed by atoms with Crippen molar-refractivity contribution in [1.29, 1.82) is 0 Å². The summed E-state index contributed by atoms with van der Waals surface area (Å²) in [5.41, 5.74) is 4.95. The van der Waals surface area contributed by atoms with E-state index in [1.54, 1.807) is 13.8 Å². The number of aliphatic carboxylic acids is 1. The van der Waals surface area contributed by atoms with Gasteiger partial charge in [0, 0.05) is 18.8 Å². The van der Waals surface area contributed by atoms with Gasteiger partial charge in [-0.2, -0.15) is 0 Å². The van der Waals surface area contributed by atoms with Crippen molar-refractivity contribution in [2.45, 2.75) is 105 Å². The standard InChI is InChI=1S/C31H49NO10/c1-8-11-12-13-27(33)40-23(7)22(6)31(32,28(34)35)17-24-14-15-25(41-29(36)38-18-20(4)9-2)26(16-24)42-30(37)39-19-21(5)10-3/h14-16,20-23H,8-13,17-19,32H2,1-7H3,(H,34,35)/t20?,21?,22-,23+,31-/m1/s1. The fourth-order valence-corrected chi connectivity index (χ4v) is 3.80. The van der Waals surface area contributed by atoms with Crippen LogP contribution >= 0.6 is 0 Å². The Bertz CT molecular complexity index is 1030. The van der Waals surface area contributed by atoms with Crippen LogP contribution in [0.5, 0.6) is 11.5 Å². The highest BCUT2D eigenvalue weighted by Crippen LogP contribution is 2.33. The fourth-order valence-electron chi connectivity index (χ4n) is 3.80. The Balaban J connectivity index is 3.21. The van der Waals surface area contributed by atoms with Crippen LogP contribution in [0, 0.1) is 17.8 Å². The number of esters is 1. The van der Waals surface area contributed by atoms with Crippen molar-refractivity contribution in [3.8, 4) is 11.5 Å². The third kappa shape index (κ3) is 12.3. The molecule has 0 heterocycles. The number of carbonyl (C=O) groups is 4. The average molecular weight is 596 g/mol. The maximum Gasteiger partial charge on any atom is 0.513 e. The van der Waals surface area contributed by atoms with Crippen LogP contribution in [0.2, 0.25) is 0 Å². The van der Waals surface area contributed by atoms with Crippen LogP contribution < -0.4 is 15.2 Å². The molecule has 0 aliphatic carbocycles. The van der Waals surface area contributed by atoms with Crippen LogP contribution in [-0.4, -0.2) is 54.2 Å². The summed E-state index contributed by atoms with van der Waals surface area (Å²) < 4.78 is 26.5. The molecule has 0 bridgehead atoms. The lowest BCUT2D eigenvalue weighted by Gasteiger charge is -2.35. The molecule has 0 saturated heterocycles. The first kappa shape index (κ1) is 36.7. The molecule has 0 aliphatic heterocycles. The van der Waals surface area contributed by atoms with Gasteiger partial charge in [0.2, 0.25) is 0 Å². The van der Waals surface area contributed by atoms with Gasteiger partial charge in [-0.3, -0.25) is 9.59 Å². The molecule has 1 rings (SSSR count). The van der Waals surface area contributed by atoms with Gasteiger partial charge in [0.1, 0.15) is 11.6 Å². The molecule has 0 saturated carbocycles. The van der Waals surface area contributed by atoms with E-state index >= 15 is 0 Å². The van der Waals surface area contributed by atoms with Crippen LogP contribution in [0.1, 0.15) is 92.6 Å². The predicted molar refractivity (Wildman–Crippen MR) is 156 cm³/mol. The average Bonchev–Trinajstić information content (AvgIpc) is 2.95. The molecule has 0 fully saturated rings. The summed E-state index contributed by atoms with van der Waals surface area (Å²) in [6.45, 7) is 13.3. The topological polar surface area (TPSA) is 161 Å². The summed E-state index contributed by atoms with van der Waals surface area (Å²) in [5, 5.41) is 10.1. The Kier molecular flexibility index (Phi) is 15.9. The number of carboxylic acids is 1. The zero-order valence-electron chi connectivity index (χ0n) is 26.1. The Labute approximate surface area is 249 Å². The van der Waals surface area contributed by atoms with Crippen molar-refractivity contribution >= 4 is 24.2 Å². The van der Waals surface area contributed by atoms with Gasteiger partial charge >= 0.3 is 24.2 Å². The summed E-state index contributed by atoms with van der Waals surface area (Å²) in [7, 11) is 0. The Morgan fingerprint density at radius 3 is 1.90 bits per heavy atom. The van der Waals surface area contributed by atoms with E-state index in [1.165, 1.54) is 18.2 Å². The molecule has 11 heteroatoms. The van der Waals surface area contributed by atoms with Crippen molar-refractivity contribution in [3.63, 3.8) is 0 Å². The number of unbranched alkanes of at least 4 members (excludes halogenated alkanes) is 2. The summed E-state index contributed by atoms with van der Waals surface area (Å²) in [6, 6.07) is 4.23. The summed E-state index contributed by atoms with van der Waals surface area (Å²) in [4.78, 5) is 49.4. The third-order valence-corrected chi connectivity index (χ3v) is 7.47. The second-order valence-electron chi connectivity index (χ2n) is 11.1. The van der Waals surface area contributed by atoms with Gasteiger partial charge in [0.25, 0.3) is 0 Å². The molecule has 1 aromatic rings. The first-order chi connectivity index (χ1) is 19.8. The van der Waals surface area contributed by atoms with Gasteiger partial charge in [-0.15, -0.1) is 0 Å². The molecule has 0 radical (unpaired) electrons. The number of nitrogens with two attached hydrogens (primary N) is 1. The second kappa shape index (κ2) is 18.3. The largest absolute Gasteiger partial charge is 0.513 e. The summed E-state index contributed by atoms with van der Waals surface area (Å²) in [5.74, 6) is -2.56. The lowest BCUT2D eigenvalue weighted by molar-refractivity contribution is -0.157. The molecular formula is C31H49NO10. The van der Waals surface area contributed by atoms with Crippen LogP contribution in [0.15, 0.2) is 18.2 Å². The van der Waals surface area contributed by atoms with Crippen LogP contribution in [0.3, 0.4) is 0 Å². The van der Waals surface area contributed by atoms with Crippen molar-refractivity contribution < 1.29 is 48.0 Å². The highest BCUT2D eigenvalue weighted by molar-refractivity contribution is 5.80. The minimum Gasteiger partial charge on any atom is -0.480 e. The Hall–Kier alpha value is -3.34. The van der Waals surface area contributed by atoms with Gasteiger partial charge in [-0.25, -0.2) is 9.59 Å². The minimum atomic E-state index is -1.85. The molecule has 1 aromatic carbocycles. The van der Waals surface area contributed by atoms with Gasteiger partial charge < -0.3 is 34.5 Å². The first-order valence-electron chi connectivity index (χ1n) is 14.8. The molecule has 0 spiro atoms. The van der Waals surface area contributed by atoms with Gasteiger partial charge in [-0.05, 0) is 42.9 Å². The number of carbonyl (C=O) groups excluding carboxylic acids is 3. The quantitative estimate of drug-likeness (QED) is 0.0850. The first-order valence-corrected chi connectivity index (χ1v) is 14.8. The van der Waals surface area contributed by atoms with E-state index in [2.05, 4.69) is 0 Å². The molecular weight excluding hydrogens is 546 g/mol. The lowest BCUT2D eigenvalue weighted by atomic mass is 9.78. The molecule has 0 aromatic heterocycles. The molecule has 5 atom stereocenters. The Morgan fingerprint density at radius 1 is 0.857 bits per heavy atom. The van der Waals surface area contributed by atoms with Crippen LogP contribution in [0.25, 0.3) is 0 Å². The van der Waals surface area contributed by atoms with Gasteiger partial charge in [-0.1, -0.05) is 73.3 Å². The highest BCUT2D eigenvalue weighted by atomic mass is 16.7. The van der Waals surface area contributed by atoms with Gasteiger partial charge in [0.05, 0.1) is 13.2 Å². The summed E-state index contributed by atoms with van der Waals surface area (Å²) in [6.07, 6.45) is 1.37. The molecule has 3 N–H and O–H groups in total. The SMILES string of the molecule is CCCCCC(=O)O[C@@H](C)[C@@H](C)[C@](N)(Cc1ccc(OC(=O)OCC(C)CC)c(OC(=O)OCC(C)CC)c1)C(=O)O. The van der Waals surface area contributed by atoms with Crippen LogP contribution in [-0.2, 0) is 30.2 Å². The monoisotopic (exact) mass is 595 g/mol. The zero-order valence-corrected chi connectivity index (χ0v) is 26.1. The van der Waals surface area contributed by atoms with Gasteiger partial charge in [0.15, 0.2) is 11.5 Å². The van der Waals surface area contributed by atoms with E-state index in [-0.39, 0.29) is 49.4 Å². The molecule has 42 heavy (non-hydrogen) atoms. The molecule has 238 valence electrons. The molecule has 0 aliphatic rings. The van der Waals surface area contributed by atoms with Crippen molar-refractivity contribution in [3.05, 3.63) is 23.8 Å². The fraction of sp³-hybridized carbons (Fsp3) is 0.677. The summed E-state index contributed by atoms with van der Waals surface area (Å²) >= 11 is 0. The second-order valence-corrected chi connectivity index (χ2v) is 11.1. The number of hydrogen-bond acceptors (Lipinski definition) is 10. The highest BCUT2D eigenvalue weighted by Gasteiger charge is 2.44. The third-order valence-electron chi connectivity index (χ3n) is 7.47. The van der Waals surface area contributed by atoms with Crippen molar-refractivity contribution in [2.75, 3.05) is 13.2 Å². The maximum atomic E-state index is 12.4. The van der Waals surface area contributed by atoms with E-state index in [0.29, 0.717) is 12.0 Å². The molecule has 0 amide bonds. The number of rotatable bonds is 18. The predicted octanol–water partition coefficient (Wildman–Crippen LogP) is 6.28.